The predicted octanol–water partition coefficient (Wildman–Crippen LogP) is 0.398. The monoisotopic (exact) mass is 231 g/mol. The zero-order valence-corrected chi connectivity index (χ0v) is 9.98. The Bertz CT molecular complexity index is 231. The van der Waals surface area contributed by atoms with E-state index < -0.39 is 0 Å². The number of ether oxygens (including phenoxy) is 1. The minimum absolute atomic E-state index is 0.0467. The molecule has 0 rings (SSSR count). The highest BCUT2D eigenvalue weighted by molar-refractivity contribution is 5.81. The Kier molecular flexibility index (Phi) is 8.24. The van der Waals surface area contributed by atoms with E-state index >= 15 is 0 Å². The maximum absolute atomic E-state index is 11.5. The lowest BCUT2D eigenvalue weighted by Gasteiger charge is -2.16. The largest absolute Gasteiger partial charge is 0.409 e. The molecule has 0 aliphatic carbocycles. The van der Waals surface area contributed by atoms with Crippen molar-refractivity contribution in [2.45, 2.75) is 26.2 Å². The maximum Gasteiger partial charge on any atom is 0.222 e. The lowest BCUT2D eigenvalue weighted by molar-refractivity contribution is -0.130. The Morgan fingerprint density at radius 3 is 2.75 bits per heavy atom. The Labute approximate surface area is 96.0 Å². The van der Waals surface area contributed by atoms with Crippen molar-refractivity contribution in [1.29, 1.82) is 0 Å². The molecule has 0 heterocycles. The highest BCUT2D eigenvalue weighted by Gasteiger charge is 2.08. The van der Waals surface area contributed by atoms with Gasteiger partial charge in [0.2, 0.25) is 5.91 Å². The van der Waals surface area contributed by atoms with E-state index in [1.54, 1.807) is 11.9 Å². The highest BCUT2D eigenvalue weighted by Crippen LogP contribution is 1.97. The molecule has 0 aromatic rings. The number of hydrogen-bond donors (Lipinski definition) is 2. The fourth-order valence-electron chi connectivity index (χ4n) is 1.12. The first-order valence-corrected chi connectivity index (χ1v) is 5.40. The van der Waals surface area contributed by atoms with E-state index in [2.05, 4.69) is 5.16 Å². The maximum atomic E-state index is 11.5. The molecular weight excluding hydrogens is 210 g/mol. The van der Waals surface area contributed by atoms with Crippen molar-refractivity contribution in [1.82, 2.24) is 4.90 Å². The van der Waals surface area contributed by atoms with Gasteiger partial charge in [0.15, 0.2) is 0 Å². The van der Waals surface area contributed by atoms with Crippen LogP contribution in [0.5, 0.6) is 0 Å². The Morgan fingerprint density at radius 1 is 1.50 bits per heavy atom. The van der Waals surface area contributed by atoms with Gasteiger partial charge in [-0.25, -0.2) is 0 Å². The molecule has 0 fully saturated rings. The van der Waals surface area contributed by atoms with Gasteiger partial charge in [-0.05, 0) is 13.3 Å². The van der Waals surface area contributed by atoms with E-state index in [0.29, 0.717) is 32.6 Å². The average Bonchev–Trinajstić information content (AvgIpc) is 2.30. The van der Waals surface area contributed by atoms with Crippen LogP contribution in [-0.4, -0.2) is 48.7 Å². The Morgan fingerprint density at radius 2 is 2.19 bits per heavy atom. The van der Waals surface area contributed by atoms with Crippen molar-refractivity contribution in [3.8, 4) is 0 Å². The topological polar surface area (TPSA) is 88.2 Å². The van der Waals surface area contributed by atoms with Crippen molar-refractivity contribution >= 4 is 11.7 Å². The number of amides is 1. The molecule has 0 spiro atoms. The first-order valence-electron chi connectivity index (χ1n) is 5.40. The third kappa shape index (κ3) is 7.05. The number of oxime groups is 1. The normalized spacial score (nSPS) is 11.5. The molecule has 94 valence electrons. The third-order valence-electron chi connectivity index (χ3n) is 2.14. The van der Waals surface area contributed by atoms with Gasteiger partial charge < -0.3 is 20.6 Å². The molecule has 0 atom stereocenters. The zero-order chi connectivity index (χ0) is 12.4. The van der Waals surface area contributed by atoms with Crippen LogP contribution < -0.4 is 5.73 Å². The van der Waals surface area contributed by atoms with Gasteiger partial charge in [0.1, 0.15) is 5.84 Å². The lowest BCUT2D eigenvalue weighted by atomic mass is 10.3. The second-order valence-electron chi connectivity index (χ2n) is 3.46. The van der Waals surface area contributed by atoms with E-state index in [9.17, 15) is 4.79 Å². The standard InChI is InChI=1S/C10H21N3O3/c1-3-16-8-4-5-10(14)13(2)7-6-9(11)12-15/h15H,3-8H2,1-2H3,(H2,11,12). The molecule has 0 saturated heterocycles. The smallest absolute Gasteiger partial charge is 0.222 e. The Balaban J connectivity index is 3.65. The van der Waals surface area contributed by atoms with Crippen molar-refractivity contribution in [3.05, 3.63) is 0 Å². The van der Waals surface area contributed by atoms with Crippen LogP contribution in [0.3, 0.4) is 0 Å². The number of carbonyl (C=O) groups is 1. The molecule has 0 bridgehead atoms. The van der Waals surface area contributed by atoms with Crippen LogP contribution in [0.4, 0.5) is 0 Å². The molecule has 6 nitrogen and oxygen atoms in total. The van der Waals surface area contributed by atoms with Gasteiger partial charge in [-0.1, -0.05) is 5.16 Å². The average molecular weight is 231 g/mol. The first kappa shape index (κ1) is 14.7. The zero-order valence-electron chi connectivity index (χ0n) is 9.98. The van der Waals surface area contributed by atoms with E-state index in [-0.39, 0.29) is 11.7 Å². The van der Waals surface area contributed by atoms with Gasteiger partial charge in [0, 0.05) is 39.6 Å². The number of nitrogens with zero attached hydrogens (tertiary/aromatic N) is 2. The molecule has 0 radical (unpaired) electrons. The molecular formula is C10H21N3O3. The fourth-order valence-corrected chi connectivity index (χ4v) is 1.12. The van der Waals surface area contributed by atoms with Gasteiger partial charge in [0.05, 0.1) is 0 Å². The molecule has 0 aromatic heterocycles. The number of rotatable bonds is 8. The molecule has 0 aliphatic heterocycles. The van der Waals surface area contributed by atoms with E-state index in [1.807, 2.05) is 6.92 Å². The van der Waals surface area contributed by atoms with Crippen LogP contribution in [0.1, 0.15) is 26.2 Å². The lowest BCUT2D eigenvalue weighted by Crippen LogP contribution is -2.30. The first-order chi connectivity index (χ1) is 7.61. The van der Waals surface area contributed by atoms with Gasteiger partial charge >= 0.3 is 0 Å². The van der Waals surface area contributed by atoms with Crippen molar-refractivity contribution in [2.24, 2.45) is 10.9 Å². The van der Waals surface area contributed by atoms with Crippen molar-refractivity contribution in [2.75, 3.05) is 26.8 Å². The minimum Gasteiger partial charge on any atom is -0.409 e. The summed E-state index contributed by atoms with van der Waals surface area (Å²) in [6.07, 6.45) is 1.57. The second-order valence-corrected chi connectivity index (χ2v) is 3.46. The van der Waals surface area contributed by atoms with Crippen LogP contribution in [0, 0.1) is 0 Å². The second kappa shape index (κ2) is 8.96. The van der Waals surface area contributed by atoms with Crippen molar-refractivity contribution in [3.63, 3.8) is 0 Å². The SMILES string of the molecule is CCOCCCC(=O)N(C)CCC(N)=NO. The summed E-state index contributed by atoms with van der Waals surface area (Å²) in [5.74, 6) is 0.180. The number of nitrogens with two attached hydrogens (primary N) is 1. The van der Waals surface area contributed by atoms with Gasteiger partial charge in [-0.3, -0.25) is 4.79 Å². The molecule has 16 heavy (non-hydrogen) atoms. The van der Waals surface area contributed by atoms with E-state index in [0.717, 1.165) is 6.42 Å². The Hall–Kier alpha value is -1.30. The number of amidine groups is 1. The summed E-state index contributed by atoms with van der Waals surface area (Å²) >= 11 is 0. The predicted molar refractivity (Wildman–Crippen MR) is 61.4 cm³/mol. The third-order valence-corrected chi connectivity index (χ3v) is 2.14. The summed E-state index contributed by atoms with van der Waals surface area (Å²) in [6.45, 7) is 3.66. The number of carbonyl (C=O) groups excluding carboxylic acids is 1. The molecule has 1 amide bonds. The summed E-state index contributed by atoms with van der Waals surface area (Å²) in [5.41, 5.74) is 5.30. The van der Waals surface area contributed by atoms with Crippen LogP contribution in [-0.2, 0) is 9.53 Å². The molecule has 3 N–H and O–H groups in total. The van der Waals surface area contributed by atoms with E-state index in [1.165, 1.54) is 0 Å². The highest BCUT2D eigenvalue weighted by atomic mass is 16.5. The van der Waals surface area contributed by atoms with Crippen molar-refractivity contribution < 1.29 is 14.7 Å². The van der Waals surface area contributed by atoms with Crippen LogP contribution in [0.25, 0.3) is 0 Å². The molecule has 6 heteroatoms. The van der Waals surface area contributed by atoms with E-state index in [4.69, 9.17) is 15.7 Å². The minimum atomic E-state index is 0.0467. The summed E-state index contributed by atoms with van der Waals surface area (Å²) in [7, 11) is 1.70. The summed E-state index contributed by atoms with van der Waals surface area (Å²) in [6, 6.07) is 0. The van der Waals surface area contributed by atoms with Crippen LogP contribution in [0.15, 0.2) is 5.16 Å². The summed E-state index contributed by atoms with van der Waals surface area (Å²) < 4.78 is 5.14. The van der Waals surface area contributed by atoms with Gasteiger partial charge in [0.25, 0.3) is 0 Å². The summed E-state index contributed by atoms with van der Waals surface area (Å²) in [5, 5.41) is 11.2. The molecule has 0 aromatic carbocycles. The van der Waals surface area contributed by atoms with Crippen LogP contribution in [0.2, 0.25) is 0 Å². The fraction of sp³-hybridized carbons (Fsp3) is 0.800. The summed E-state index contributed by atoms with van der Waals surface area (Å²) in [4.78, 5) is 13.1. The molecule has 0 saturated carbocycles. The molecule has 0 aliphatic rings. The molecule has 0 unspecified atom stereocenters. The van der Waals surface area contributed by atoms with Crippen LogP contribution >= 0.6 is 0 Å². The van der Waals surface area contributed by atoms with Gasteiger partial charge in [-0.2, -0.15) is 0 Å². The number of hydrogen-bond acceptors (Lipinski definition) is 4. The quantitative estimate of drug-likeness (QED) is 0.208. The van der Waals surface area contributed by atoms with Gasteiger partial charge in [-0.15, -0.1) is 0 Å².